The minimum Gasteiger partial charge on any atom is -0.267 e. The molecule has 0 aliphatic heterocycles. The van der Waals surface area contributed by atoms with Gasteiger partial charge in [0.2, 0.25) is 0 Å². The predicted octanol–water partition coefficient (Wildman–Crippen LogP) is 4.42. The average Bonchev–Trinajstić information content (AvgIpc) is 2.72. The molecule has 3 rings (SSSR count). The monoisotopic (exact) mass is 359 g/mol. The molecule has 0 aromatic heterocycles. The molecule has 3 aromatic carbocycles. The molecule has 0 saturated carbocycles. The van der Waals surface area contributed by atoms with Gasteiger partial charge in [-0.2, -0.15) is 5.10 Å². The van der Waals surface area contributed by atoms with E-state index in [0.29, 0.717) is 16.8 Å². The number of nitrogens with zero attached hydrogens (tertiary/aromatic N) is 2. The summed E-state index contributed by atoms with van der Waals surface area (Å²) >= 11 is 0. The van der Waals surface area contributed by atoms with Crippen molar-refractivity contribution in [3.63, 3.8) is 0 Å². The van der Waals surface area contributed by atoms with Gasteiger partial charge in [0.05, 0.1) is 10.6 Å². The van der Waals surface area contributed by atoms with Crippen LogP contribution in [0.5, 0.6) is 0 Å². The molecule has 27 heavy (non-hydrogen) atoms. The van der Waals surface area contributed by atoms with E-state index in [1.54, 1.807) is 31.2 Å². The Morgan fingerprint density at radius 1 is 0.852 bits per heavy atom. The second kappa shape index (κ2) is 8.05. The van der Waals surface area contributed by atoms with E-state index in [0.717, 1.165) is 11.1 Å². The molecule has 0 aliphatic carbocycles. The van der Waals surface area contributed by atoms with E-state index in [1.807, 2.05) is 42.5 Å². The van der Waals surface area contributed by atoms with Crippen LogP contribution in [0.4, 0.5) is 5.69 Å². The molecule has 0 aliphatic rings. The van der Waals surface area contributed by atoms with Gasteiger partial charge in [-0.3, -0.25) is 14.9 Å². The first-order valence-electron chi connectivity index (χ1n) is 8.29. The summed E-state index contributed by atoms with van der Waals surface area (Å²) in [6.07, 6.45) is 0. The Hall–Kier alpha value is -3.80. The maximum atomic E-state index is 12.3. The molecular weight excluding hydrogens is 342 g/mol. The first-order valence-corrected chi connectivity index (χ1v) is 8.29. The van der Waals surface area contributed by atoms with Gasteiger partial charge in [0.1, 0.15) is 0 Å². The van der Waals surface area contributed by atoms with Crippen LogP contribution in [0.3, 0.4) is 0 Å². The van der Waals surface area contributed by atoms with Gasteiger partial charge >= 0.3 is 0 Å². The van der Waals surface area contributed by atoms with Crippen molar-refractivity contribution in [1.82, 2.24) is 5.43 Å². The van der Waals surface area contributed by atoms with Crippen LogP contribution in [-0.2, 0) is 0 Å². The Bertz CT molecular complexity index is 979. The SMILES string of the molecule is C/C(=N/NC(=O)c1ccc(-c2ccccc2)cc1)c1ccc([N+](=O)[O-])cc1. The summed E-state index contributed by atoms with van der Waals surface area (Å²) in [4.78, 5) is 22.5. The summed E-state index contributed by atoms with van der Waals surface area (Å²) in [7, 11) is 0. The first-order chi connectivity index (χ1) is 13.0. The van der Waals surface area contributed by atoms with Gasteiger partial charge < -0.3 is 0 Å². The molecule has 0 bridgehead atoms. The van der Waals surface area contributed by atoms with Crippen molar-refractivity contribution in [3.8, 4) is 11.1 Å². The van der Waals surface area contributed by atoms with E-state index in [-0.39, 0.29) is 11.6 Å². The molecule has 0 heterocycles. The van der Waals surface area contributed by atoms with E-state index in [4.69, 9.17) is 0 Å². The van der Waals surface area contributed by atoms with Gasteiger partial charge in [-0.15, -0.1) is 0 Å². The molecule has 0 radical (unpaired) electrons. The van der Waals surface area contributed by atoms with Crippen molar-refractivity contribution >= 4 is 17.3 Å². The molecule has 0 saturated heterocycles. The number of nitro groups is 1. The van der Waals surface area contributed by atoms with Crippen LogP contribution < -0.4 is 5.43 Å². The van der Waals surface area contributed by atoms with Crippen LogP contribution in [0.1, 0.15) is 22.8 Å². The van der Waals surface area contributed by atoms with E-state index in [9.17, 15) is 14.9 Å². The lowest BCUT2D eigenvalue weighted by molar-refractivity contribution is -0.384. The number of carbonyl (C=O) groups excluding carboxylic acids is 1. The van der Waals surface area contributed by atoms with Gasteiger partial charge in [-0.25, -0.2) is 5.43 Å². The minimum atomic E-state index is -0.461. The highest BCUT2D eigenvalue weighted by atomic mass is 16.6. The molecular formula is C21H17N3O3. The largest absolute Gasteiger partial charge is 0.271 e. The summed E-state index contributed by atoms with van der Waals surface area (Å²) in [5, 5.41) is 14.8. The summed E-state index contributed by atoms with van der Waals surface area (Å²) in [5.74, 6) is -0.323. The van der Waals surface area contributed by atoms with Crippen molar-refractivity contribution in [2.75, 3.05) is 0 Å². The van der Waals surface area contributed by atoms with Gasteiger partial charge in [0, 0.05) is 17.7 Å². The normalized spacial score (nSPS) is 11.1. The lowest BCUT2D eigenvalue weighted by Gasteiger charge is -2.05. The molecule has 0 unspecified atom stereocenters. The second-order valence-corrected chi connectivity index (χ2v) is 5.89. The third kappa shape index (κ3) is 4.43. The third-order valence-electron chi connectivity index (χ3n) is 4.08. The highest BCUT2D eigenvalue weighted by molar-refractivity contribution is 6.01. The highest BCUT2D eigenvalue weighted by Gasteiger charge is 2.08. The Labute approximate surface area is 156 Å². The fraction of sp³-hybridized carbons (Fsp3) is 0.0476. The fourth-order valence-electron chi connectivity index (χ4n) is 2.53. The number of amides is 1. The van der Waals surface area contributed by atoms with Gasteiger partial charge in [-0.05, 0) is 47.9 Å². The molecule has 134 valence electrons. The number of rotatable bonds is 5. The smallest absolute Gasteiger partial charge is 0.267 e. The van der Waals surface area contributed by atoms with Crippen LogP contribution in [-0.4, -0.2) is 16.5 Å². The van der Waals surface area contributed by atoms with Crippen LogP contribution in [0.2, 0.25) is 0 Å². The summed E-state index contributed by atoms with van der Waals surface area (Å²) in [5.41, 5.74) is 6.37. The van der Waals surface area contributed by atoms with Crippen molar-refractivity contribution in [1.29, 1.82) is 0 Å². The second-order valence-electron chi connectivity index (χ2n) is 5.89. The number of hydrogen-bond acceptors (Lipinski definition) is 4. The molecule has 3 aromatic rings. The van der Waals surface area contributed by atoms with Crippen molar-refractivity contribution < 1.29 is 9.72 Å². The summed E-state index contributed by atoms with van der Waals surface area (Å²) in [6, 6.07) is 23.2. The quantitative estimate of drug-likeness (QED) is 0.416. The number of hydrogen-bond donors (Lipinski definition) is 1. The predicted molar refractivity (Wildman–Crippen MR) is 105 cm³/mol. The summed E-state index contributed by atoms with van der Waals surface area (Å²) < 4.78 is 0. The Morgan fingerprint density at radius 3 is 2.00 bits per heavy atom. The average molecular weight is 359 g/mol. The van der Waals surface area contributed by atoms with Gasteiger partial charge in [0.15, 0.2) is 0 Å². The Morgan fingerprint density at radius 2 is 1.41 bits per heavy atom. The van der Waals surface area contributed by atoms with E-state index in [2.05, 4.69) is 10.5 Å². The van der Waals surface area contributed by atoms with Crippen molar-refractivity contribution in [2.45, 2.75) is 6.92 Å². The van der Waals surface area contributed by atoms with Gasteiger partial charge in [-0.1, -0.05) is 42.5 Å². The van der Waals surface area contributed by atoms with Crippen LogP contribution in [0.15, 0.2) is 84.0 Å². The number of benzene rings is 3. The van der Waals surface area contributed by atoms with Gasteiger partial charge in [0.25, 0.3) is 11.6 Å². The minimum absolute atomic E-state index is 0.00842. The first kappa shape index (κ1) is 18.0. The number of non-ortho nitro benzene ring substituents is 1. The molecule has 1 N–H and O–H groups in total. The zero-order valence-corrected chi connectivity index (χ0v) is 14.6. The lowest BCUT2D eigenvalue weighted by atomic mass is 10.0. The van der Waals surface area contributed by atoms with E-state index >= 15 is 0 Å². The number of nitrogens with one attached hydrogen (secondary N) is 1. The van der Waals surface area contributed by atoms with Crippen molar-refractivity contribution in [2.24, 2.45) is 5.10 Å². The summed E-state index contributed by atoms with van der Waals surface area (Å²) in [6.45, 7) is 1.72. The molecule has 0 atom stereocenters. The molecule has 1 amide bonds. The number of hydrazone groups is 1. The Kier molecular flexibility index (Phi) is 5.37. The van der Waals surface area contributed by atoms with E-state index < -0.39 is 4.92 Å². The topological polar surface area (TPSA) is 84.6 Å². The van der Waals surface area contributed by atoms with E-state index in [1.165, 1.54) is 12.1 Å². The lowest BCUT2D eigenvalue weighted by Crippen LogP contribution is -2.19. The van der Waals surface area contributed by atoms with Crippen LogP contribution >= 0.6 is 0 Å². The highest BCUT2D eigenvalue weighted by Crippen LogP contribution is 2.19. The van der Waals surface area contributed by atoms with Crippen LogP contribution in [0, 0.1) is 10.1 Å². The maximum absolute atomic E-state index is 12.3. The zero-order valence-electron chi connectivity index (χ0n) is 14.6. The number of nitro benzene ring substituents is 1. The van der Waals surface area contributed by atoms with Crippen molar-refractivity contribution in [3.05, 3.63) is 100 Å². The molecule has 0 fully saturated rings. The fourth-order valence-corrected chi connectivity index (χ4v) is 2.53. The van der Waals surface area contributed by atoms with Crippen LogP contribution in [0.25, 0.3) is 11.1 Å². The number of carbonyl (C=O) groups is 1. The third-order valence-corrected chi connectivity index (χ3v) is 4.08. The molecule has 0 spiro atoms. The maximum Gasteiger partial charge on any atom is 0.271 e. The molecule has 6 nitrogen and oxygen atoms in total. The standard InChI is InChI=1S/C21H17N3O3/c1-15(16-11-13-20(14-12-16)24(26)27)22-23-21(25)19-9-7-18(8-10-19)17-5-3-2-4-6-17/h2-14H,1H3,(H,23,25)/b22-15-. The zero-order chi connectivity index (χ0) is 19.2. The molecule has 6 heteroatoms. The Balaban J connectivity index is 1.67.